The fourth-order valence-electron chi connectivity index (χ4n) is 4.42. The third-order valence-corrected chi connectivity index (χ3v) is 6.22. The highest BCUT2D eigenvalue weighted by Crippen LogP contribution is 2.26. The van der Waals surface area contributed by atoms with Crippen LogP contribution in [-0.4, -0.2) is 27.4 Å². The van der Waals surface area contributed by atoms with E-state index in [4.69, 9.17) is 4.74 Å². The SMILES string of the molecule is O=C(COc1ccccc1CN(Cc1ccccn1)Cc1ccccn1)N(c1ccccc1)c1ccccc1. The molecule has 0 bridgehead atoms. The van der Waals surface area contributed by atoms with Crippen LogP contribution in [0, 0.1) is 0 Å². The van der Waals surface area contributed by atoms with E-state index in [2.05, 4.69) is 14.9 Å². The van der Waals surface area contributed by atoms with Gasteiger partial charge in [0.1, 0.15) is 5.75 Å². The van der Waals surface area contributed by atoms with Crippen molar-refractivity contribution in [1.29, 1.82) is 0 Å². The van der Waals surface area contributed by atoms with Gasteiger partial charge in [-0.1, -0.05) is 66.7 Å². The van der Waals surface area contributed by atoms with E-state index in [9.17, 15) is 4.79 Å². The van der Waals surface area contributed by atoms with Crippen molar-refractivity contribution in [3.63, 3.8) is 0 Å². The van der Waals surface area contributed by atoms with Crippen LogP contribution in [0.3, 0.4) is 0 Å². The average Bonchev–Trinajstić information content (AvgIpc) is 2.99. The van der Waals surface area contributed by atoms with Crippen molar-refractivity contribution in [2.24, 2.45) is 0 Å². The Morgan fingerprint density at radius 3 is 1.64 bits per heavy atom. The minimum absolute atomic E-state index is 0.0959. The quantitative estimate of drug-likeness (QED) is 0.204. The maximum absolute atomic E-state index is 13.5. The molecule has 6 heteroatoms. The van der Waals surface area contributed by atoms with Crippen molar-refractivity contribution in [2.75, 3.05) is 11.5 Å². The monoisotopic (exact) mass is 514 g/mol. The molecule has 6 nitrogen and oxygen atoms in total. The van der Waals surface area contributed by atoms with Crippen LogP contribution in [0.25, 0.3) is 0 Å². The van der Waals surface area contributed by atoms with Gasteiger partial charge in [0.15, 0.2) is 6.61 Å². The predicted octanol–water partition coefficient (Wildman–Crippen LogP) is 6.42. The molecule has 0 radical (unpaired) electrons. The largest absolute Gasteiger partial charge is 0.483 e. The molecule has 0 aliphatic carbocycles. The van der Waals surface area contributed by atoms with Gasteiger partial charge in [-0.25, -0.2) is 0 Å². The molecular weight excluding hydrogens is 484 g/mol. The van der Waals surface area contributed by atoms with Crippen molar-refractivity contribution < 1.29 is 9.53 Å². The van der Waals surface area contributed by atoms with Gasteiger partial charge in [-0.2, -0.15) is 0 Å². The van der Waals surface area contributed by atoms with Gasteiger partial charge in [0.25, 0.3) is 5.91 Å². The van der Waals surface area contributed by atoms with Crippen LogP contribution in [0.15, 0.2) is 134 Å². The molecular formula is C33H30N4O2. The zero-order valence-electron chi connectivity index (χ0n) is 21.6. The fraction of sp³-hybridized carbons (Fsp3) is 0.121. The van der Waals surface area contributed by atoms with Gasteiger partial charge in [0.2, 0.25) is 0 Å². The number of pyridine rings is 2. The van der Waals surface area contributed by atoms with E-state index in [1.807, 2.05) is 134 Å². The molecule has 5 rings (SSSR count). The Hall–Kier alpha value is -4.81. The molecule has 0 saturated heterocycles. The first-order valence-electron chi connectivity index (χ1n) is 12.9. The lowest BCUT2D eigenvalue weighted by molar-refractivity contribution is -0.119. The molecule has 0 aliphatic rings. The summed E-state index contributed by atoms with van der Waals surface area (Å²) in [6.45, 7) is 1.82. The van der Waals surface area contributed by atoms with E-state index in [1.165, 1.54) is 0 Å². The third-order valence-electron chi connectivity index (χ3n) is 6.22. The van der Waals surface area contributed by atoms with Crippen molar-refractivity contribution in [2.45, 2.75) is 19.6 Å². The maximum Gasteiger partial charge on any atom is 0.269 e. The molecule has 3 aromatic carbocycles. The lowest BCUT2D eigenvalue weighted by Gasteiger charge is -2.25. The van der Waals surface area contributed by atoms with Crippen LogP contribution >= 0.6 is 0 Å². The molecule has 2 aromatic heterocycles. The molecule has 2 heterocycles. The number of hydrogen-bond acceptors (Lipinski definition) is 5. The molecule has 0 spiro atoms. The van der Waals surface area contributed by atoms with Gasteiger partial charge in [-0.05, 0) is 54.6 Å². The minimum atomic E-state index is -0.152. The number of rotatable bonds is 11. The molecule has 0 saturated carbocycles. The van der Waals surface area contributed by atoms with Crippen molar-refractivity contribution in [3.05, 3.63) is 151 Å². The smallest absolute Gasteiger partial charge is 0.269 e. The summed E-state index contributed by atoms with van der Waals surface area (Å²) in [5, 5.41) is 0. The van der Waals surface area contributed by atoms with Crippen molar-refractivity contribution in [1.82, 2.24) is 14.9 Å². The Kier molecular flexibility index (Phi) is 8.69. The van der Waals surface area contributed by atoms with E-state index >= 15 is 0 Å². The number of nitrogens with zero attached hydrogens (tertiary/aromatic N) is 4. The highest BCUT2D eigenvalue weighted by Gasteiger charge is 2.19. The molecule has 1 amide bonds. The van der Waals surface area contributed by atoms with E-state index in [1.54, 1.807) is 4.90 Å². The summed E-state index contributed by atoms with van der Waals surface area (Å²) in [5.41, 5.74) is 4.53. The highest BCUT2D eigenvalue weighted by atomic mass is 16.5. The molecule has 0 fully saturated rings. The first-order chi connectivity index (χ1) is 19.3. The summed E-state index contributed by atoms with van der Waals surface area (Å²) in [6, 6.07) is 39.0. The second kappa shape index (κ2) is 13.1. The van der Waals surface area contributed by atoms with E-state index < -0.39 is 0 Å². The summed E-state index contributed by atoms with van der Waals surface area (Å²) in [4.78, 5) is 26.5. The van der Waals surface area contributed by atoms with E-state index in [-0.39, 0.29) is 12.5 Å². The number of hydrogen-bond donors (Lipinski definition) is 0. The van der Waals surface area contributed by atoms with Crippen LogP contribution in [0.2, 0.25) is 0 Å². The predicted molar refractivity (Wildman–Crippen MR) is 153 cm³/mol. The number of benzene rings is 3. The first-order valence-corrected chi connectivity index (χ1v) is 12.9. The lowest BCUT2D eigenvalue weighted by atomic mass is 10.1. The lowest BCUT2D eigenvalue weighted by Crippen LogP contribution is -2.31. The molecule has 39 heavy (non-hydrogen) atoms. The van der Waals surface area contributed by atoms with Gasteiger partial charge in [-0.3, -0.25) is 24.6 Å². The summed E-state index contributed by atoms with van der Waals surface area (Å²) < 4.78 is 6.18. The van der Waals surface area contributed by atoms with Crippen LogP contribution in [0.1, 0.15) is 17.0 Å². The Balaban J connectivity index is 1.34. The fourth-order valence-corrected chi connectivity index (χ4v) is 4.42. The second-order valence-electron chi connectivity index (χ2n) is 9.08. The standard InChI is InChI=1S/C33H30N4O2/c38-33(37(30-16-3-1-4-17-30)31-18-5-2-6-19-31)26-39-32-20-8-7-13-27(32)23-36(24-28-14-9-11-21-34-28)25-29-15-10-12-22-35-29/h1-22H,23-26H2. The minimum Gasteiger partial charge on any atom is -0.483 e. The zero-order chi connectivity index (χ0) is 26.7. The number of anilines is 2. The highest BCUT2D eigenvalue weighted by molar-refractivity contribution is 6.01. The Bertz CT molecular complexity index is 1370. The van der Waals surface area contributed by atoms with Gasteiger partial charge < -0.3 is 4.74 Å². The first kappa shape index (κ1) is 25.8. The molecule has 194 valence electrons. The Morgan fingerprint density at radius 1 is 0.590 bits per heavy atom. The van der Waals surface area contributed by atoms with Gasteiger partial charge in [0, 0.05) is 49.0 Å². The van der Waals surface area contributed by atoms with Crippen molar-refractivity contribution in [3.8, 4) is 5.75 Å². The normalized spacial score (nSPS) is 10.8. The van der Waals surface area contributed by atoms with E-state index in [0.29, 0.717) is 25.4 Å². The maximum atomic E-state index is 13.5. The summed E-state index contributed by atoms with van der Waals surface area (Å²) in [5.74, 6) is 0.528. The topological polar surface area (TPSA) is 58.6 Å². The van der Waals surface area contributed by atoms with Crippen LogP contribution in [0.5, 0.6) is 5.75 Å². The second-order valence-corrected chi connectivity index (χ2v) is 9.08. The van der Waals surface area contributed by atoms with E-state index in [0.717, 1.165) is 28.3 Å². The number of amides is 1. The Labute approximate surface area is 229 Å². The molecule has 5 aromatic rings. The van der Waals surface area contributed by atoms with Crippen LogP contribution < -0.4 is 9.64 Å². The number of para-hydroxylation sites is 3. The zero-order valence-corrected chi connectivity index (χ0v) is 21.6. The van der Waals surface area contributed by atoms with Gasteiger partial charge in [0.05, 0.1) is 11.4 Å². The van der Waals surface area contributed by atoms with Crippen LogP contribution in [-0.2, 0) is 24.4 Å². The third kappa shape index (κ3) is 7.15. The number of carbonyl (C=O) groups excluding carboxylic acids is 1. The number of aromatic nitrogens is 2. The average molecular weight is 515 g/mol. The molecule has 0 aliphatic heterocycles. The summed E-state index contributed by atoms with van der Waals surface area (Å²) >= 11 is 0. The Morgan fingerprint density at radius 2 is 1.10 bits per heavy atom. The molecule has 0 unspecified atom stereocenters. The molecule has 0 N–H and O–H groups in total. The number of ether oxygens (including phenoxy) is 1. The van der Waals surface area contributed by atoms with Gasteiger partial charge in [-0.15, -0.1) is 0 Å². The summed E-state index contributed by atoms with van der Waals surface area (Å²) in [6.07, 6.45) is 3.62. The van der Waals surface area contributed by atoms with Crippen molar-refractivity contribution >= 4 is 17.3 Å². The molecule has 0 atom stereocenters. The summed E-state index contributed by atoms with van der Waals surface area (Å²) in [7, 11) is 0. The van der Waals surface area contributed by atoms with Crippen LogP contribution in [0.4, 0.5) is 11.4 Å². The van der Waals surface area contributed by atoms with Gasteiger partial charge >= 0.3 is 0 Å². The number of carbonyl (C=O) groups is 1.